The molecule has 0 atom stereocenters. The van der Waals surface area contributed by atoms with Crippen molar-refractivity contribution in [2.45, 2.75) is 0 Å². The molecule has 0 aromatic heterocycles. The Balaban J connectivity index is 0. The van der Waals surface area contributed by atoms with Crippen LogP contribution in [0.3, 0.4) is 0 Å². The number of hydrogen-bond acceptors (Lipinski definition) is 3. The predicted octanol–water partition coefficient (Wildman–Crippen LogP) is 0.359. The third kappa shape index (κ3) is 18.5. The maximum atomic E-state index is 7.00. The number of aliphatic hydroxyl groups is 1. The van der Waals surface area contributed by atoms with Crippen molar-refractivity contribution >= 4 is 0 Å². The molecular formula is C5H12O3. The van der Waals surface area contributed by atoms with Crippen LogP contribution in [0.15, 0.2) is 12.5 Å². The number of ether oxygens (including phenoxy) is 2. The molecule has 0 radical (unpaired) electrons. The van der Waals surface area contributed by atoms with Crippen LogP contribution in [0.4, 0.5) is 0 Å². The minimum atomic E-state index is 1.00. The fourth-order valence-electron chi connectivity index (χ4n) is 0.111. The van der Waals surface area contributed by atoms with Gasteiger partial charge in [-0.25, -0.2) is 0 Å². The minimum absolute atomic E-state index is 1.00. The first kappa shape index (κ1) is 10.3. The van der Waals surface area contributed by atoms with Crippen molar-refractivity contribution < 1.29 is 14.6 Å². The van der Waals surface area contributed by atoms with Gasteiger partial charge in [-0.05, 0) is 0 Å². The highest BCUT2D eigenvalue weighted by Gasteiger charge is 1.55. The quantitative estimate of drug-likeness (QED) is 0.535. The van der Waals surface area contributed by atoms with Gasteiger partial charge >= 0.3 is 0 Å². The van der Waals surface area contributed by atoms with Gasteiger partial charge in [0.15, 0.2) is 0 Å². The smallest absolute Gasteiger partial charge is 0.117 e. The molecule has 0 heterocycles. The van der Waals surface area contributed by atoms with Gasteiger partial charge in [0.2, 0.25) is 0 Å². The summed E-state index contributed by atoms with van der Waals surface area (Å²) in [6, 6.07) is 0. The highest BCUT2D eigenvalue weighted by molar-refractivity contribution is 4.56. The molecule has 0 aliphatic rings. The molecule has 0 aliphatic carbocycles. The molecule has 50 valence electrons. The third-order valence-corrected chi connectivity index (χ3v) is 0.328. The molecule has 0 saturated heterocycles. The molecule has 0 aliphatic heterocycles. The average Bonchev–Trinajstić information content (AvgIpc) is 1.88. The van der Waals surface area contributed by atoms with E-state index in [4.69, 9.17) is 5.11 Å². The second-order valence-corrected chi connectivity index (χ2v) is 0.744. The van der Waals surface area contributed by atoms with E-state index in [0.29, 0.717) is 0 Å². The van der Waals surface area contributed by atoms with Crippen LogP contribution >= 0.6 is 0 Å². The van der Waals surface area contributed by atoms with Gasteiger partial charge in [-0.1, -0.05) is 0 Å². The first-order valence-corrected chi connectivity index (χ1v) is 2.07. The molecule has 0 rings (SSSR count). The Kier molecular flexibility index (Phi) is 21.0. The van der Waals surface area contributed by atoms with E-state index in [-0.39, 0.29) is 0 Å². The van der Waals surface area contributed by atoms with Crippen LogP contribution in [-0.2, 0) is 9.47 Å². The normalized spacial score (nSPS) is 7.50. The SMILES string of the molecule is CO.COC=COC. The maximum absolute atomic E-state index is 7.00. The lowest BCUT2D eigenvalue weighted by Gasteiger charge is -1.83. The van der Waals surface area contributed by atoms with E-state index in [1.54, 1.807) is 14.2 Å². The number of methoxy groups -OCH3 is 2. The van der Waals surface area contributed by atoms with Gasteiger partial charge in [-0.15, -0.1) is 0 Å². The molecule has 0 amide bonds. The maximum Gasteiger partial charge on any atom is 0.117 e. The van der Waals surface area contributed by atoms with Crippen LogP contribution in [0.1, 0.15) is 0 Å². The second kappa shape index (κ2) is 16.3. The number of aliphatic hydroxyl groups excluding tert-OH is 1. The van der Waals surface area contributed by atoms with Crippen LogP contribution in [0.2, 0.25) is 0 Å². The fraction of sp³-hybridized carbons (Fsp3) is 0.600. The zero-order chi connectivity index (χ0) is 6.83. The average molecular weight is 120 g/mol. The molecule has 0 aromatic rings. The van der Waals surface area contributed by atoms with E-state index in [0.717, 1.165) is 7.11 Å². The second-order valence-electron chi connectivity index (χ2n) is 0.744. The van der Waals surface area contributed by atoms with Crippen LogP contribution in [0.25, 0.3) is 0 Å². The first-order valence-electron chi connectivity index (χ1n) is 2.07. The van der Waals surface area contributed by atoms with Crippen molar-refractivity contribution in [2.24, 2.45) is 0 Å². The summed E-state index contributed by atoms with van der Waals surface area (Å²) >= 11 is 0. The van der Waals surface area contributed by atoms with Gasteiger partial charge in [0.1, 0.15) is 12.5 Å². The lowest BCUT2D eigenvalue weighted by atomic mass is 11.0. The summed E-state index contributed by atoms with van der Waals surface area (Å²) < 4.78 is 8.95. The Hall–Kier alpha value is -0.700. The number of rotatable bonds is 2. The molecule has 1 N–H and O–H groups in total. The van der Waals surface area contributed by atoms with Crippen molar-refractivity contribution in [3.63, 3.8) is 0 Å². The van der Waals surface area contributed by atoms with Gasteiger partial charge in [-0.3, -0.25) is 0 Å². The predicted molar refractivity (Wildman–Crippen MR) is 31.3 cm³/mol. The van der Waals surface area contributed by atoms with Gasteiger partial charge in [0.25, 0.3) is 0 Å². The van der Waals surface area contributed by atoms with E-state index < -0.39 is 0 Å². The summed E-state index contributed by atoms with van der Waals surface area (Å²) in [7, 11) is 4.13. The molecule has 3 nitrogen and oxygen atoms in total. The highest BCUT2D eigenvalue weighted by Crippen LogP contribution is 1.68. The van der Waals surface area contributed by atoms with E-state index in [2.05, 4.69) is 9.47 Å². The van der Waals surface area contributed by atoms with Gasteiger partial charge < -0.3 is 14.6 Å². The van der Waals surface area contributed by atoms with Crippen LogP contribution < -0.4 is 0 Å². The van der Waals surface area contributed by atoms with Crippen molar-refractivity contribution in [1.29, 1.82) is 0 Å². The summed E-state index contributed by atoms with van der Waals surface area (Å²) in [5.74, 6) is 0. The van der Waals surface area contributed by atoms with Gasteiger partial charge in [0.05, 0.1) is 14.2 Å². The van der Waals surface area contributed by atoms with Crippen LogP contribution in [0, 0.1) is 0 Å². The fourth-order valence-corrected chi connectivity index (χ4v) is 0.111. The monoisotopic (exact) mass is 120 g/mol. The molecule has 0 fully saturated rings. The van der Waals surface area contributed by atoms with Crippen molar-refractivity contribution in [3.8, 4) is 0 Å². The van der Waals surface area contributed by atoms with E-state index in [1.165, 1.54) is 12.5 Å². The van der Waals surface area contributed by atoms with Crippen molar-refractivity contribution in [3.05, 3.63) is 12.5 Å². The van der Waals surface area contributed by atoms with Crippen LogP contribution in [-0.4, -0.2) is 26.4 Å². The summed E-state index contributed by atoms with van der Waals surface area (Å²) in [5.41, 5.74) is 0. The Morgan fingerprint density at radius 2 is 1.25 bits per heavy atom. The number of hydrogen-bond donors (Lipinski definition) is 1. The molecule has 0 aromatic carbocycles. The third-order valence-electron chi connectivity index (χ3n) is 0.328. The molecule has 0 unspecified atom stereocenters. The summed E-state index contributed by atoms with van der Waals surface area (Å²) in [6.07, 6.45) is 2.92. The molecule has 0 bridgehead atoms. The zero-order valence-electron chi connectivity index (χ0n) is 5.42. The molecule has 0 spiro atoms. The zero-order valence-corrected chi connectivity index (χ0v) is 5.42. The Bertz CT molecular complexity index is 36.9. The summed E-state index contributed by atoms with van der Waals surface area (Å²) in [4.78, 5) is 0. The lowest BCUT2D eigenvalue weighted by Crippen LogP contribution is -1.66. The molecular weight excluding hydrogens is 108 g/mol. The molecule has 8 heavy (non-hydrogen) atoms. The molecule has 3 heteroatoms. The Labute approximate surface area is 49.5 Å². The topological polar surface area (TPSA) is 38.7 Å². The highest BCUT2D eigenvalue weighted by atomic mass is 16.5. The van der Waals surface area contributed by atoms with E-state index >= 15 is 0 Å². The van der Waals surface area contributed by atoms with E-state index in [9.17, 15) is 0 Å². The van der Waals surface area contributed by atoms with Gasteiger partial charge in [0, 0.05) is 7.11 Å². The minimum Gasteiger partial charge on any atom is -0.501 e. The Morgan fingerprint density at radius 1 is 1.00 bits per heavy atom. The lowest BCUT2D eigenvalue weighted by molar-refractivity contribution is 0.284. The van der Waals surface area contributed by atoms with Crippen molar-refractivity contribution in [1.82, 2.24) is 0 Å². The largest absolute Gasteiger partial charge is 0.501 e. The van der Waals surface area contributed by atoms with Crippen LogP contribution in [0.5, 0.6) is 0 Å². The summed E-state index contributed by atoms with van der Waals surface area (Å²) in [5, 5.41) is 7.00. The summed E-state index contributed by atoms with van der Waals surface area (Å²) in [6.45, 7) is 0. The van der Waals surface area contributed by atoms with Crippen molar-refractivity contribution in [2.75, 3.05) is 21.3 Å². The van der Waals surface area contributed by atoms with E-state index in [1.807, 2.05) is 0 Å². The first-order chi connectivity index (χ1) is 3.91. The van der Waals surface area contributed by atoms with Gasteiger partial charge in [-0.2, -0.15) is 0 Å². The Morgan fingerprint density at radius 3 is 1.38 bits per heavy atom. The molecule has 0 saturated carbocycles. The standard InChI is InChI=1S/C4H8O2.CH4O/c1-5-3-4-6-2;1-2/h3-4H,1-2H3;2H,1H3.